The maximum absolute atomic E-state index is 10.9. The number of rotatable bonds is 7. The third-order valence-corrected chi connectivity index (χ3v) is 4.25. The summed E-state index contributed by atoms with van der Waals surface area (Å²) in [7, 11) is -0.729. The summed E-state index contributed by atoms with van der Waals surface area (Å²) in [6.45, 7) is 6.59. The van der Waals surface area contributed by atoms with Crippen LogP contribution in [0.3, 0.4) is 0 Å². The highest BCUT2D eigenvalue weighted by atomic mass is 79.9. The molecule has 4 nitrogen and oxygen atoms in total. The quantitative estimate of drug-likeness (QED) is 0.777. The number of nitrogens with one attached hydrogen (secondary N) is 1. The summed E-state index contributed by atoms with van der Waals surface area (Å²) in [5, 5.41) is 7.83. The van der Waals surface area contributed by atoms with E-state index in [9.17, 15) is 4.21 Å². The van der Waals surface area contributed by atoms with Crippen molar-refractivity contribution in [2.24, 2.45) is 0 Å². The molecule has 0 bridgehead atoms. The van der Waals surface area contributed by atoms with E-state index < -0.39 is 10.8 Å². The number of hydrogen-bond donors (Lipinski definition) is 1. The van der Waals surface area contributed by atoms with Gasteiger partial charge in [0.25, 0.3) is 0 Å². The number of halogens is 1. The molecule has 0 aliphatic heterocycles. The van der Waals surface area contributed by atoms with Gasteiger partial charge in [0.1, 0.15) is 0 Å². The van der Waals surface area contributed by atoms with Gasteiger partial charge in [0, 0.05) is 42.4 Å². The van der Waals surface area contributed by atoms with Crippen molar-refractivity contribution in [3.8, 4) is 0 Å². The zero-order valence-electron chi connectivity index (χ0n) is 10.6. The fourth-order valence-electron chi connectivity index (χ4n) is 1.61. The normalized spacial score (nSPS) is 12.9. The predicted octanol–water partition coefficient (Wildman–Crippen LogP) is 1.70. The van der Waals surface area contributed by atoms with Crippen molar-refractivity contribution in [3.05, 3.63) is 15.9 Å². The second-order valence-electron chi connectivity index (χ2n) is 3.83. The lowest BCUT2D eigenvalue weighted by molar-refractivity contribution is 0.584. The molecule has 0 aliphatic rings. The Bertz CT molecular complexity index is 392. The van der Waals surface area contributed by atoms with E-state index in [1.54, 1.807) is 6.26 Å². The molecular formula is C11H20BrN3OS. The Morgan fingerprint density at radius 1 is 1.47 bits per heavy atom. The minimum absolute atomic E-state index is 0.693. The summed E-state index contributed by atoms with van der Waals surface area (Å²) in [6, 6.07) is 0. The maximum atomic E-state index is 10.9. The first kappa shape index (κ1) is 14.9. The summed E-state index contributed by atoms with van der Waals surface area (Å²) < 4.78 is 14.1. The number of aromatic nitrogens is 2. The summed E-state index contributed by atoms with van der Waals surface area (Å²) in [5.74, 6) is 0.693. The minimum atomic E-state index is -0.729. The van der Waals surface area contributed by atoms with E-state index in [0.29, 0.717) is 5.75 Å². The third-order valence-electron chi connectivity index (χ3n) is 2.55. The van der Waals surface area contributed by atoms with Crippen molar-refractivity contribution in [3.63, 3.8) is 0 Å². The van der Waals surface area contributed by atoms with Crippen LogP contribution >= 0.6 is 15.9 Å². The Morgan fingerprint density at radius 3 is 2.71 bits per heavy atom. The van der Waals surface area contributed by atoms with Gasteiger partial charge in [0.2, 0.25) is 0 Å². The fraction of sp³-hybridized carbons (Fsp3) is 0.727. The molecular weight excluding hydrogens is 302 g/mol. The molecule has 1 atom stereocenters. The van der Waals surface area contributed by atoms with E-state index in [1.165, 1.54) is 5.69 Å². The van der Waals surface area contributed by atoms with Gasteiger partial charge in [0.15, 0.2) is 0 Å². The van der Waals surface area contributed by atoms with Crippen LogP contribution in [0.15, 0.2) is 4.47 Å². The summed E-state index contributed by atoms with van der Waals surface area (Å²) in [5.41, 5.74) is 2.27. The van der Waals surface area contributed by atoms with Crippen molar-refractivity contribution >= 4 is 26.7 Å². The van der Waals surface area contributed by atoms with E-state index in [2.05, 4.69) is 40.2 Å². The molecule has 0 radical (unpaired) electrons. The zero-order valence-corrected chi connectivity index (χ0v) is 13.0. The molecule has 0 aromatic carbocycles. The molecule has 1 N–H and O–H groups in total. The van der Waals surface area contributed by atoms with Crippen LogP contribution in [-0.2, 0) is 30.3 Å². The lowest BCUT2D eigenvalue weighted by Gasteiger charge is -2.06. The molecule has 0 aliphatic carbocycles. The highest BCUT2D eigenvalue weighted by molar-refractivity contribution is 9.10. The lowest BCUT2D eigenvalue weighted by Crippen LogP contribution is -2.21. The molecule has 17 heavy (non-hydrogen) atoms. The zero-order chi connectivity index (χ0) is 12.8. The van der Waals surface area contributed by atoms with E-state index in [-0.39, 0.29) is 0 Å². The van der Waals surface area contributed by atoms with E-state index in [0.717, 1.165) is 36.2 Å². The van der Waals surface area contributed by atoms with Crippen LogP contribution in [0, 0.1) is 0 Å². The average molecular weight is 322 g/mol. The monoisotopic (exact) mass is 321 g/mol. The van der Waals surface area contributed by atoms with Gasteiger partial charge in [-0.25, -0.2) is 0 Å². The van der Waals surface area contributed by atoms with Gasteiger partial charge in [-0.15, -0.1) is 0 Å². The standard InChI is InChI=1S/C11H20BrN3OS/c1-4-9-11(12)10(15(5-2)14-9)8-13-6-7-17(3)16/h13H,4-8H2,1-3H3. The molecule has 1 heterocycles. The van der Waals surface area contributed by atoms with E-state index in [1.807, 2.05) is 4.68 Å². The minimum Gasteiger partial charge on any atom is -0.310 e. The lowest BCUT2D eigenvalue weighted by atomic mass is 10.3. The van der Waals surface area contributed by atoms with Crippen molar-refractivity contribution < 1.29 is 4.21 Å². The van der Waals surface area contributed by atoms with Crippen molar-refractivity contribution in [2.75, 3.05) is 18.6 Å². The van der Waals surface area contributed by atoms with E-state index in [4.69, 9.17) is 0 Å². The fourth-order valence-corrected chi connectivity index (χ4v) is 2.75. The van der Waals surface area contributed by atoms with Gasteiger partial charge in [-0.2, -0.15) is 5.10 Å². The number of hydrogen-bond acceptors (Lipinski definition) is 3. The molecule has 0 amide bonds. The van der Waals surface area contributed by atoms with Gasteiger partial charge in [-0.3, -0.25) is 8.89 Å². The van der Waals surface area contributed by atoms with Crippen LogP contribution in [0.2, 0.25) is 0 Å². The third kappa shape index (κ3) is 4.19. The van der Waals surface area contributed by atoms with Crippen LogP contribution < -0.4 is 5.32 Å². The van der Waals surface area contributed by atoms with Crippen LogP contribution in [0.1, 0.15) is 25.2 Å². The highest BCUT2D eigenvalue weighted by Crippen LogP contribution is 2.22. The second kappa shape index (κ2) is 7.28. The molecule has 6 heteroatoms. The van der Waals surface area contributed by atoms with E-state index >= 15 is 0 Å². The highest BCUT2D eigenvalue weighted by Gasteiger charge is 2.12. The Balaban J connectivity index is 2.62. The predicted molar refractivity (Wildman–Crippen MR) is 75.6 cm³/mol. The number of nitrogens with zero attached hydrogens (tertiary/aromatic N) is 2. The average Bonchev–Trinajstić information content (AvgIpc) is 2.61. The molecule has 98 valence electrons. The second-order valence-corrected chi connectivity index (χ2v) is 6.18. The SMILES string of the molecule is CCc1nn(CC)c(CNCCS(C)=O)c1Br. The van der Waals surface area contributed by atoms with Gasteiger partial charge >= 0.3 is 0 Å². The largest absolute Gasteiger partial charge is 0.310 e. The maximum Gasteiger partial charge on any atom is 0.0767 e. The van der Waals surface area contributed by atoms with Crippen LogP contribution in [0.5, 0.6) is 0 Å². The van der Waals surface area contributed by atoms with Gasteiger partial charge < -0.3 is 5.32 Å². The van der Waals surface area contributed by atoms with Gasteiger partial charge in [-0.05, 0) is 29.3 Å². The summed E-state index contributed by atoms with van der Waals surface area (Å²) in [6.07, 6.45) is 2.66. The molecule has 1 aromatic heterocycles. The first-order valence-corrected chi connectivity index (χ1v) is 8.36. The summed E-state index contributed by atoms with van der Waals surface area (Å²) >= 11 is 3.60. The molecule has 1 rings (SSSR count). The molecule has 1 aromatic rings. The van der Waals surface area contributed by atoms with Crippen molar-refractivity contribution in [1.82, 2.24) is 15.1 Å². The first-order valence-electron chi connectivity index (χ1n) is 5.84. The topological polar surface area (TPSA) is 46.9 Å². The molecule has 0 saturated carbocycles. The Morgan fingerprint density at radius 2 is 2.18 bits per heavy atom. The first-order chi connectivity index (χ1) is 8.10. The van der Waals surface area contributed by atoms with Crippen molar-refractivity contribution in [2.45, 2.75) is 33.4 Å². The smallest absolute Gasteiger partial charge is 0.0767 e. The molecule has 0 fully saturated rings. The van der Waals surface area contributed by atoms with Crippen LogP contribution in [-0.4, -0.2) is 32.5 Å². The Hall–Kier alpha value is -0.200. The molecule has 0 saturated heterocycles. The molecule has 0 spiro atoms. The summed E-state index contributed by atoms with van der Waals surface area (Å²) in [4.78, 5) is 0. The van der Waals surface area contributed by atoms with Crippen LogP contribution in [0.25, 0.3) is 0 Å². The Kier molecular flexibility index (Phi) is 6.37. The molecule has 1 unspecified atom stereocenters. The Labute approximate surface area is 114 Å². The van der Waals surface area contributed by atoms with Crippen molar-refractivity contribution in [1.29, 1.82) is 0 Å². The van der Waals surface area contributed by atoms with Gasteiger partial charge in [0.05, 0.1) is 15.9 Å². The van der Waals surface area contributed by atoms with Gasteiger partial charge in [-0.1, -0.05) is 6.92 Å². The number of aryl methyl sites for hydroxylation is 2. The van der Waals surface area contributed by atoms with Crippen LogP contribution in [0.4, 0.5) is 0 Å².